The number of aliphatic carboxylic acids is 1. The van der Waals surface area contributed by atoms with Crippen molar-refractivity contribution in [3.63, 3.8) is 0 Å². The molecule has 2 aromatic carbocycles. The SMILES string of the molecule is CC1Oc2cc(N3CCCC3=O)ccc2-c2cnc(Nc3cncc(NC(=O)C(CC(=O)O)Cc4ccccc4)c3)cc21. The van der Waals surface area contributed by atoms with Gasteiger partial charge in [0, 0.05) is 47.6 Å². The van der Waals surface area contributed by atoms with Gasteiger partial charge in [0.1, 0.15) is 17.7 Å². The predicted octanol–water partition coefficient (Wildman–Crippen LogP) is 5.74. The zero-order valence-corrected chi connectivity index (χ0v) is 23.6. The fourth-order valence-electron chi connectivity index (χ4n) is 5.61. The standard InChI is InChI=1S/C33H31N5O5/c1-20-27-16-30(35-19-28(27)26-10-9-25(15-29(26)43-20)38-11-5-8-31(38)39)36-23-14-24(18-34-17-23)37-33(42)22(13-32(40)41)12-21-6-3-2-4-7-21/h2-4,6-7,9-10,14-20,22H,5,8,11-13H2,1H3,(H,35,36)(H,37,42)(H,40,41). The third kappa shape index (κ3) is 6.18. The Labute approximate surface area is 248 Å². The van der Waals surface area contributed by atoms with Gasteiger partial charge in [0.2, 0.25) is 11.8 Å². The lowest BCUT2D eigenvalue weighted by Crippen LogP contribution is -2.27. The Morgan fingerprint density at radius 3 is 2.63 bits per heavy atom. The number of benzene rings is 2. The van der Waals surface area contributed by atoms with Crippen LogP contribution in [0.25, 0.3) is 11.1 Å². The second kappa shape index (κ2) is 11.9. The first kappa shape index (κ1) is 27.9. The topological polar surface area (TPSA) is 134 Å². The number of ether oxygens (including phenoxy) is 1. The van der Waals surface area contributed by atoms with Gasteiger partial charge in [-0.05, 0) is 49.6 Å². The number of pyridine rings is 2. The summed E-state index contributed by atoms with van der Waals surface area (Å²) in [6.07, 6.45) is 6.15. The van der Waals surface area contributed by atoms with Crippen molar-refractivity contribution in [1.29, 1.82) is 0 Å². The van der Waals surface area contributed by atoms with Crippen LogP contribution in [0.2, 0.25) is 0 Å². The minimum Gasteiger partial charge on any atom is -0.485 e. The van der Waals surface area contributed by atoms with Crippen molar-refractivity contribution >= 4 is 40.7 Å². The zero-order chi connectivity index (χ0) is 29.9. The van der Waals surface area contributed by atoms with Gasteiger partial charge >= 0.3 is 5.97 Å². The summed E-state index contributed by atoms with van der Waals surface area (Å²) < 4.78 is 6.26. The quantitative estimate of drug-likeness (QED) is 0.229. The van der Waals surface area contributed by atoms with Crippen LogP contribution < -0.4 is 20.3 Å². The van der Waals surface area contributed by atoms with Gasteiger partial charge in [-0.15, -0.1) is 0 Å². The molecular weight excluding hydrogens is 546 g/mol. The van der Waals surface area contributed by atoms with E-state index in [9.17, 15) is 19.5 Å². The van der Waals surface area contributed by atoms with E-state index in [4.69, 9.17) is 4.74 Å². The Balaban J connectivity index is 1.17. The molecule has 0 bridgehead atoms. The maximum Gasteiger partial charge on any atom is 0.304 e. The lowest BCUT2D eigenvalue weighted by atomic mass is 9.94. The molecule has 2 aliphatic rings. The van der Waals surface area contributed by atoms with E-state index in [1.54, 1.807) is 23.4 Å². The van der Waals surface area contributed by atoms with Crippen molar-refractivity contribution in [3.8, 4) is 16.9 Å². The number of nitrogens with one attached hydrogen (secondary N) is 2. The van der Waals surface area contributed by atoms with E-state index in [0.717, 1.165) is 46.7 Å². The van der Waals surface area contributed by atoms with E-state index in [-0.39, 0.29) is 24.3 Å². The monoisotopic (exact) mass is 577 g/mol. The zero-order valence-electron chi connectivity index (χ0n) is 23.6. The van der Waals surface area contributed by atoms with E-state index >= 15 is 0 Å². The molecule has 0 saturated carbocycles. The number of carboxylic acids is 1. The minimum atomic E-state index is -1.04. The average molecular weight is 578 g/mol. The number of hydrogen-bond acceptors (Lipinski definition) is 7. The van der Waals surface area contributed by atoms with Crippen LogP contribution in [0, 0.1) is 5.92 Å². The van der Waals surface area contributed by atoms with Crippen molar-refractivity contribution in [2.75, 3.05) is 22.1 Å². The Hall–Kier alpha value is -5.25. The van der Waals surface area contributed by atoms with E-state index in [2.05, 4.69) is 20.6 Å². The van der Waals surface area contributed by atoms with Crippen LogP contribution in [0.15, 0.2) is 79.3 Å². The number of carbonyl (C=O) groups is 3. The lowest BCUT2D eigenvalue weighted by Gasteiger charge is -2.28. The molecule has 2 amide bonds. The highest BCUT2D eigenvalue weighted by Crippen LogP contribution is 2.44. The largest absolute Gasteiger partial charge is 0.485 e. The molecule has 2 aromatic heterocycles. The van der Waals surface area contributed by atoms with Gasteiger partial charge in [0.05, 0.1) is 36.1 Å². The third-order valence-corrected chi connectivity index (χ3v) is 7.71. The van der Waals surface area contributed by atoms with Crippen molar-refractivity contribution in [2.45, 2.75) is 38.7 Å². The van der Waals surface area contributed by atoms with Crippen molar-refractivity contribution in [1.82, 2.24) is 9.97 Å². The Kier molecular flexibility index (Phi) is 7.74. The third-order valence-electron chi connectivity index (χ3n) is 7.71. The molecule has 10 heteroatoms. The number of fused-ring (bicyclic) bond motifs is 3. The van der Waals surface area contributed by atoms with Crippen molar-refractivity contribution in [3.05, 3.63) is 90.4 Å². The van der Waals surface area contributed by atoms with E-state index in [1.807, 2.05) is 61.5 Å². The molecule has 218 valence electrons. The summed E-state index contributed by atoms with van der Waals surface area (Å²) in [7, 11) is 0. The molecule has 0 radical (unpaired) electrons. The smallest absolute Gasteiger partial charge is 0.304 e. The summed E-state index contributed by atoms with van der Waals surface area (Å²) in [4.78, 5) is 47.4. The van der Waals surface area contributed by atoms with Gasteiger partial charge in [-0.25, -0.2) is 4.98 Å². The van der Waals surface area contributed by atoms with Crippen LogP contribution in [0.1, 0.15) is 43.4 Å². The molecule has 3 N–H and O–H groups in total. The van der Waals surface area contributed by atoms with Gasteiger partial charge in [-0.1, -0.05) is 30.3 Å². The molecule has 1 saturated heterocycles. The molecule has 0 aliphatic carbocycles. The number of rotatable bonds is 9. The molecule has 2 unspecified atom stereocenters. The summed E-state index contributed by atoms with van der Waals surface area (Å²) in [5, 5.41) is 15.4. The fraction of sp³-hybridized carbons (Fsp3) is 0.242. The summed E-state index contributed by atoms with van der Waals surface area (Å²) in [5.41, 5.74) is 5.61. The highest BCUT2D eigenvalue weighted by Gasteiger charge is 2.28. The van der Waals surface area contributed by atoms with E-state index in [1.165, 1.54) is 6.20 Å². The molecule has 0 spiro atoms. The lowest BCUT2D eigenvalue weighted by molar-refractivity contribution is -0.140. The van der Waals surface area contributed by atoms with E-state index in [0.29, 0.717) is 30.0 Å². The van der Waals surface area contributed by atoms with Crippen LogP contribution in [0.4, 0.5) is 22.9 Å². The molecule has 43 heavy (non-hydrogen) atoms. The van der Waals surface area contributed by atoms with Crippen LogP contribution in [-0.2, 0) is 20.8 Å². The Bertz CT molecular complexity index is 1690. The number of nitrogens with zero attached hydrogens (tertiary/aromatic N) is 3. The van der Waals surface area contributed by atoms with Gasteiger partial charge in [0.15, 0.2) is 0 Å². The van der Waals surface area contributed by atoms with Crippen molar-refractivity contribution < 1.29 is 24.2 Å². The van der Waals surface area contributed by atoms with Crippen LogP contribution in [-0.4, -0.2) is 39.4 Å². The second-order valence-corrected chi connectivity index (χ2v) is 10.8. The fourth-order valence-corrected chi connectivity index (χ4v) is 5.61. The van der Waals surface area contributed by atoms with Crippen LogP contribution >= 0.6 is 0 Å². The first-order chi connectivity index (χ1) is 20.8. The predicted molar refractivity (Wildman–Crippen MR) is 162 cm³/mol. The van der Waals surface area contributed by atoms with E-state index < -0.39 is 11.9 Å². The highest BCUT2D eigenvalue weighted by atomic mass is 16.5. The summed E-state index contributed by atoms with van der Waals surface area (Å²) in [6.45, 7) is 2.69. The maximum atomic E-state index is 13.1. The number of anilines is 4. The molecule has 2 aliphatic heterocycles. The molecule has 10 nitrogen and oxygen atoms in total. The van der Waals surface area contributed by atoms with Gasteiger partial charge < -0.3 is 25.4 Å². The maximum absolute atomic E-state index is 13.1. The second-order valence-electron chi connectivity index (χ2n) is 10.8. The summed E-state index contributed by atoms with van der Waals surface area (Å²) in [5.74, 6) is -0.733. The Morgan fingerprint density at radius 2 is 1.86 bits per heavy atom. The first-order valence-electron chi connectivity index (χ1n) is 14.2. The number of hydrogen-bond donors (Lipinski definition) is 3. The van der Waals surface area contributed by atoms with Crippen LogP contribution in [0.3, 0.4) is 0 Å². The van der Waals surface area contributed by atoms with Gasteiger partial charge in [0.25, 0.3) is 0 Å². The average Bonchev–Trinajstić information content (AvgIpc) is 3.43. The first-order valence-corrected chi connectivity index (χ1v) is 14.2. The van der Waals surface area contributed by atoms with Gasteiger partial charge in [-0.3, -0.25) is 19.4 Å². The molecule has 6 rings (SSSR count). The number of aromatic nitrogens is 2. The molecule has 2 atom stereocenters. The van der Waals surface area contributed by atoms with Gasteiger partial charge in [-0.2, -0.15) is 0 Å². The molecule has 4 heterocycles. The molecule has 1 fully saturated rings. The normalized spacial score (nSPS) is 16.1. The van der Waals surface area contributed by atoms with Crippen LogP contribution in [0.5, 0.6) is 5.75 Å². The minimum absolute atomic E-state index is 0.131. The molecule has 4 aromatic rings. The number of amides is 2. The number of carbonyl (C=O) groups excluding carboxylic acids is 2. The highest BCUT2D eigenvalue weighted by molar-refractivity contribution is 5.96. The van der Waals surface area contributed by atoms with Crippen molar-refractivity contribution in [2.24, 2.45) is 5.92 Å². The summed E-state index contributed by atoms with van der Waals surface area (Å²) >= 11 is 0. The Morgan fingerprint density at radius 1 is 1.05 bits per heavy atom. The number of carboxylic acid groups (broad SMARTS) is 1. The molecular formula is C33H31N5O5. The summed E-state index contributed by atoms with van der Waals surface area (Å²) in [6, 6.07) is 18.8.